The second kappa shape index (κ2) is 7.23. The zero-order valence-corrected chi connectivity index (χ0v) is 14.9. The Bertz CT molecular complexity index is 963. The van der Waals surface area contributed by atoms with E-state index >= 15 is 0 Å². The molecule has 0 saturated carbocycles. The van der Waals surface area contributed by atoms with Gasteiger partial charge in [0.05, 0.1) is 19.8 Å². The lowest BCUT2D eigenvalue weighted by atomic mass is 10.1. The fraction of sp³-hybridized carbons (Fsp3) is 0.333. The van der Waals surface area contributed by atoms with Gasteiger partial charge in [-0.1, -0.05) is 13.8 Å². The van der Waals surface area contributed by atoms with E-state index < -0.39 is 17.2 Å². The van der Waals surface area contributed by atoms with E-state index in [1.807, 2.05) is 13.8 Å². The van der Waals surface area contributed by atoms with E-state index in [1.165, 1.54) is 27.2 Å². The van der Waals surface area contributed by atoms with E-state index in [1.54, 1.807) is 0 Å². The molecular weight excluding hydrogens is 351 g/mol. The Morgan fingerprint density at radius 3 is 2.23 bits per heavy atom. The molecule has 140 valence electrons. The largest absolute Gasteiger partial charge is 0.491 e. The van der Waals surface area contributed by atoms with Crippen molar-refractivity contribution in [3.63, 3.8) is 0 Å². The standard InChI is InChI=1S/C16H12F3NO4.C2H6/c1-7-12(21)15(23-3)14(22-2)11-13(7)24-10-6-8(16(17,18)19)4-5-9(10)20-11;1-2/h4-6H,1-3H3;1-2H3. The van der Waals surface area contributed by atoms with Crippen LogP contribution in [0.2, 0.25) is 0 Å². The Balaban J connectivity index is 0.00000117. The van der Waals surface area contributed by atoms with Crippen LogP contribution in [0.15, 0.2) is 27.4 Å². The highest BCUT2D eigenvalue weighted by Gasteiger charge is 2.32. The van der Waals surface area contributed by atoms with Crippen molar-refractivity contribution < 1.29 is 27.1 Å². The Labute approximate surface area is 147 Å². The average Bonchev–Trinajstić information content (AvgIpc) is 2.63. The van der Waals surface area contributed by atoms with E-state index in [9.17, 15) is 18.0 Å². The number of nitrogens with zero attached hydrogens (tertiary/aromatic N) is 1. The van der Waals surface area contributed by atoms with Gasteiger partial charge in [0, 0.05) is 5.56 Å². The van der Waals surface area contributed by atoms with E-state index in [0.717, 1.165) is 12.1 Å². The van der Waals surface area contributed by atoms with Gasteiger partial charge in [-0.25, -0.2) is 4.98 Å². The molecule has 1 aliphatic carbocycles. The summed E-state index contributed by atoms with van der Waals surface area (Å²) in [6.07, 6.45) is -4.50. The zero-order chi connectivity index (χ0) is 19.6. The minimum atomic E-state index is -4.50. The predicted octanol–water partition coefficient (Wildman–Crippen LogP) is 4.66. The van der Waals surface area contributed by atoms with Crippen LogP contribution in [-0.4, -0.2) is 19.2 Å². The van der Waals surface area contributed by atoms with Gasteiger partial charge in [-0.15, -0.1) is 0 Å². The highest BCUT2D eigenvalue weighted by atomic mass is 19.4. The van der Waals surface area contributed by atoms with E-state index in [0.29, 0.717) is 0 Å². The van der Waals surface area contributed by atoms with Gasteiger partial charge in [0.1, 0.15) is 5.52 Å². The highest BCUT2D eigenvalue weighted by Crippen LogP contribution is 2.40. The van der Waals surface area contributed by atoms with Crippen LogP contribution in [0.3, 0.4) is 0 Å². The molecule has 2 aliphatic rings. The zero-order valence-electron chi connectivity index (χ0n) is 14.9. The van der Waals surface area contributed by atoms with Gasteiger partial charge >= 0.3 is 6.18 Å². The Morgan fingerprint density at radius 2 is 1.69 bits per heavy atom. The number of rotatable bonds is 2. The molecule has 26 heavy (non-hydrogen) atoms. The molecule has 0 saturated heterocycles. The summed E-state index contributed by atoms with van der Waals surface area (Å²) in [5.41, 5.74) is -0.826. The second-order valence-corrected chi connectivity index (χ2v) is 5.09. The lowest BCUT2D eigenvalue weighted by molar-refractivity contribution is -0.137. The summed E-state index contributed by atoms with van der Waals surface area (Å²) >= 11 is 0. The molecule has 8 heteroatoms. The molecule has 0 bridgehead atoms. The molecule has 0 amide bonds. The van der Waals surface area contributed by atoms with E-state index in [-0.39, 0.29) is 39.6 Å². The third kappa shape index (κ3) is 3.18. The van der Waals surface area contributed by atoms with E-state index in [4.69, 9.17) is 13.9 Å². The summed E-state index contributed by atoms with van der Waals surface area (Å²) in [6, 6.07) is 2.96. The fourth-order valence-electron chi connectivity index (χ4n) is 2.46. The summed E-state index contributed by atoms with van der Waals surface area (Å²) in [6.45, 7) is 5.48. The number of hydrogen-bond donors (Lipinski definition) is 0. The maximum atomic E-state index is 12.8. The Kier molecular flexibility index (Phi) is 5.44. The smallest absolute Gasteiger partial charge is 0.416 e. The van der Waals surface area contributed by atoms with Crippen LogP contribution in [0.1, 0.15) is 25.0 Å². The molecule has 0 fully saturated rings. The Morgan fingerprint density at radius 1 is 1.08 bits per heavy atom. The second-order valence-electron chi connectivity index (χ2n) is 5.09. The van der Waals surface area contributed by atoms with Crippen molar-refractivity contribution in [2.24, 2.45) is 0 Å². The van der Waals surface area contributed by atoms with Crippen molar-refractivity contribution in [2.75, 3.05) is 14.2 Å². The van der Waals surface area contributed by atoms with Crippen LogP contribution in [-0.2, 0) is 6.18 Å². The van der Waals surface area contributed by atoms with Crippen LogP contribution in [0.5, 0.6) is 11.5 Å². The van der Waals surface area contributed by atoms with Crippen LogP contribution < -0.4 is 14.9 Å². The first-order valence-electron chi connectivity index (χ1n) is 7.84. The highest BCUT2D eigenvalue weighted by molar-refractivity contribution is 5.81. The minimum absolute atomic E-state index is 0.0311. The maximum Gasteiger partial charge on any atom is 0.416 e. The normalized spacial score (nSPS) is 11.2. The predicted molar refractivity (Wildman–Crippen MR) is 91.1 cm³/mol. The molecule has 1 heterocycles. The molecule has 3 rings (SSSR count). The van der Waals surface area contributed by atoms with Crippen molar-refractivity contribution in [1.82, 2.24) is 4.98 Å². The molecule has 0 N–H and O–H groups in total. The number of methoxy groups -OCH3 is 2. The topological polar surface area (TPSA) is 61.6 Å². The minimum Gasteiger partial charge on any atom is -0.491 e. The number of ether oxygens (including phenoxy) is 2. The molecule has 0 unspecified atom stereocenters. The van der Waals surface area contributed by atoms with Crippen molar-refractivity contribution in [1.29, 1.82) is 0 Å². The van der Waals surface area contributed by atoms with Gasteiger partial charge in [0.15, 0.2) is 22.8 Å². The summed E-state index contributed by atoms with van der Waals surface area (Å²) in [7, 11) is 2.66. The monoisotopic (exact) mass is 369 g/mol. The van der Waals surface area contributed by atoms with Crippen molar-refractivity contribution in [3.8, 4) is 23.0 Å². The van der Waals surface area contributed by atoms with Gasteiger partial charge in [-0.3, -0.25) is 4.79 Å². The van der Waals surface area contributed by atoms with Gasteiger partial charge in [-0.2, -0.15) is 13.2 Å². The number of fused-ring (bicyclic) bond motifs is 2. The first kappa shape index (κ1) is 19.6. The van der Waals surface area contributed by atoms with Crippen molar-refractivity contribution in [3.05, 3.63) is 39.5 Å². The molecule has 1 aromatic carbocycles. The molecule has 5 nitrogen and oxygen atoms in total. The SMILES string of the molecule is CC.COc1c2nc3ccc(C(F)(F)F)cc3oc-2c(C)c(=O)c1OC. The van der Waals surface area contributed by atoms with Gasteiger partial charge in [-0.05, 0) is 25.1 Å². The van der Waals surface area contributed by atoms with Crippen molar-refractivity contribution >= 4 is 11.1 Å². The van der Waals surface area contributed by atoms with E-state index in [2.05, 4.69) is 4.98 Å². The first-order valence-corrected chi connectivity index (χ1v) is 7.84. The van der Waals surface area contributed by atoms with Crippen LogP contribution in [0, 0.1) is 6.92 Å². The summed E-state index contributed by atoms with van der Waals surface area (Å²) in [4.78, 5) is 16.6. The summed E-state index contributed by atoms with van der Waals surface area (Å²) in [5, 5.41) is 0. The fourth-order valence-corrected chi connectivity index (χ4v) is 2.46. The van der Waals surface area contributed by atoms with Crippen LogP contribution >= 0.6 is 0 Å². The lowest BCUT2D eigenvalue weighted by Gasteiger charge is -2.16. The van der Waals surface area contributed by atoms with Crippen LogP contribution in [0.4, 0.5) is 13.2 Å². The molecule has 0 atom stereocenters. The Hall–Kier alpha value is -2.77. The molecule has 0 spiro atoms. The first-order chi connectivity index (χ1) is 12.3. The van der Waals surface area contributed by atoms with Gasteiger partial charge in [0.25, 0.3) is 0 Å². The number of alkyl halides is 3. The molecule has 1 aromatic rings. The maximum absolute atomic E-state index is 12.8. The van der Waals surface area contributed by atoms with Gasteiger partial charge in [0.2, 0.25) is 11.2 Å². The third-order valence-electron chi connectivity index (χ3n) is 3.66. The average molecular weight is 369 g/mol. The van der Waals surface area contributed by atoms with Crippen molar-refractivity contribution in [2.45, 2.75) is 26.9 Å². The molecule has 0 radical (unpaired) electrons. The third-order valence-corrected chi connectivity index (χ3v) is 3.66. The summed E-state index contributed by atoms with van der Waals surface area (Å²) in [5.74, 6) is 0.106. The lowest BCUT2D eigenvalue weighted by Crippen LogP contribution is -2.14. The number of benzene rings is 2. The molecular formula is C18H18F3NO4. The van der Waals surface area contributed by atoms with Gasteiger partial charge < -0.3 is 13.9 Å². The summed E-state index contributed by atoms with van der Waals surface area (Å²) < 4.78 is 54.3. The number of halogens is 3. The quantitative estimate of drug-likeness (QED) is 0.615. The van der Waals surface area contributed by atoms with Crippen LogP contribution in [0.25, 0.3) is 22.6 Å². The molecule has 0 aromatic heterocycles. The number of aromatic nitrogens is 1. The number of hydrogen-bond acceptors (Lipinski definition) is 5. The molecule has 1 aliphatic heterocycles.